The van der Waals surface area contributed by atoms with Crippen LogP contribution in [0.25, 0.3) is 0 Å². The molecule has 3 rings (SSSR count). The molecule has 0 bridgehead atoms. The summed E-state index contributed by atoms with van der Waals surface area (Å²) in [6, 6.07) is 6.26. The van der Waals surface area contributed by atoms with E-state index < -0.39 is 55.3 Å². The Kier molecular flexibility index (Phi) is 5.89. The quantitative estimate of drug-likeness (QED) is 0.600. The first-order valence-corrected chi connectivity index (χ1v) is 9.86. The molecule has 0 saturated carbocycles. The Labute approximate surface area is 201 Å². The highest BCUT2D eigenvalue weighted by atomic mass is 19.4. The Bertz CT molecular complexity index is 1320. The van der Waals surface area contributed by atoms with E-state index in [-0.39, 0.29) is 28.3 Å². The van der Waals surface area contributed by atoms with Crippen LogP contribution in [0.5, 0.6) is 5.88 Å². The molecule has 0 fully saturated rings. The topological polar surface area (TPSA) is 132 Å². The first kappa shape index (κ1) is 21.8. The molecule has 186 valence electrons. The van der Waals surface area contributed by atoms with Crippen molar-refractivity contribution in [1.29, 1.82) is 5.26 Å². The summed E-state index contributed by atoms with van der Waals surface area (Å²) in [5.41, 5.74) is 0.857. The van der Waals surface area contributed by atoms with Crippen molar-refractivity contribution in [3.63, 3.8) is 0 Å². The van der Waals surface area contributed by atoms with Gasteiger partial charge < -0.3 is 19.9 Å². The van der Waals surface area contributed by atoms with Crippen LogP contribution in [0.1, 0.15) is 34.7 Å². The summed E-state index contributed by atoms with van der Waals surface area (Å²) in [6.07, 6.45) is -4.91. The standard InChI is InChI=1S/C22H21F4N5O4/c1-20(11-34-21(2,18(28)31-20)22(24,25)26)15-7-14(4-5-16(15)23)30-19(32)35-17-13(10-33-3)6-12(8-27)9-29-17/h4-7,9H,10-11H2,1-3H3,(H2,28,31)(H,30,32)/t20-,21+/m0/s1/i3D3. The summed E-state index contributed by atoms with van der Waals surface area (Å²) in [4.78, 5) is 20.2. The maximum Gasteiger partial charge on any atom is 0.424 e. The number of aromatic nitrogens is 1. The first-order valence-electron chi connectivity index (χ1n) is 11.4. The number of nitriles is 1. The average molecular weight is 498 g/mol. The minimum Gasteiger partial charge on any atom is -0.391 e. The van der Waals surface area contributed by atoms with Crippen molar-refractivity contribution in [3.05, 3.63) is 53.0 Å². The number of anilines is 1. The van der Waals surface area contributed by atoms with Gasteiger partial charge in [-0.15, -0.1) is 0 Å². The van der Waals surface area contributed by atoms with E-state index in [1.54, 1.807) is 6.07 Å². The predicted molar refractivity (Wildman–Crippen MR) is 115 cm³/mol. The third kappa shape index (κ3) is 5.18. The highest BCUT2D eigenvalue weighted by Crippen LogP contribution is 2.41. The second-order valence-electron chi connectivity index (χ2n) is 7.89. The number of alkyl halides is 3. The second-order valence-corrected chi connectivity index (χ2v) is 7.89. The molecule has 0 saturated heterocycles. The van der Waals surface area contributed by atoms with Gasteiger partial charge in [0.25, 0.3) is 0 Å². The van der Waals surface area contributed by atoms with Gasteiger partial charge in [-0.1, -0.05) is 0 Å². The largest absolute Gasteiger partial charge is 0.424 e. The molecule has 1 aromatic carbocycles. The summed E-state index contributed by atoms with van der Waals surface area (Å²) in [5, 5.41) is 11.4. The van der Waals surface area contributed by atoms with E-state index in [4.69, 9.17) is 29.3 Å². The van der Waals surface area contributed by atoms with Crippen LogP contribution in [-0.4, -0.2) is 42.3 Å². The Morgan fingerprint density at radius 2 is 2.14 bits per heavy atom. The number of rotatable bonds is 5. The molecule has 3 N–H and O–H groups in total. The van der Waals surface area contributed by atoms with Crippen LogP contribution in [0.4, 0.5) is 28.0 Å². The van der Waals surface area contributed by atoms with E-state index in [9.17, 15) is 22.4 Å². The van der Waals surface area contributed by atoms with Gasteiger partial charge in [-0.2, -0.15) is 18.4 Å². The lowest BCUT2D eigenvalue weighted by Crippen LogP contribution is -2.60. The molecule has 9 nitrogen and oxygen atoms in total. The highest BCUT2D eigenvalue weighted by molar-refractivity contribution is 5.91. The SMILES string of the molecule is [2H]C([2H])([2H])OCc1cc(C#N)cnc1OC(=O)Nc1ccc(F)c([C@]2(C)CO[C@@](C)(C(F)(F)F)C(N)=N2)c1. The number of ether oxygens (including phenoxy) is 3. The molecular weight excluding hydrogens is 474 g/mol. The van der Waals surface area contributed by atoms with Crippen LogP contribution in [0.15, 0.2) is 35.5 Å². The molecule has 0 spiro atoms. The van der Waals surface area contributed by atoms with E-state index in [0.717, 1.165) is 24.4 Å². The Morgan fingerprint density at radius 3 is 2.77 bits per heavy atom. The zero-order valence-electron chi connectivity index (χ0n) is 21.4. The number of hydrogen-bond acceptors (Lipinski definition) is 8. The van der Waals surface area contributed by atoms with Crippen LogP contribution in [-0.2, 0) is 21.6 Å². The van der Waals surface area contributed by atoms with E-state index in [1.807, 2.05) is 0 Å². The number of methoxy groups -OCH3 is 1. The molecule has 13 heteroatoms. The van der Waals surface area contributed by atoms with Crippen molar-refractivity contribution in [3.8, 4) is 11.9 Å². The van der Waals surface area contributed by atoms with Crippen molar-refractivity contribution in [2.75, 3.05) is 19.0 Å². The number of carbonyl (C=O) groups is 1. The number of carbonyl (C=O) groups excluding carboxylic acids is 1. The number of benzene rings is 1. The van der Waals surface area contributed by atoms with Gasteiger partial charge in [-0.25, -0.2) is 14.2 Å². The first-order chi connectivity index (χ1) is 17.5. The zero-order valence-corrected chi connectivity index (χ0v) is 18.4. The molecule has 0 unspecified atom stereocenters. The molecular formula is C22H21F4N5O4. The van der Waals surface area contributed by atoms with Crippen molar-refractivity contribution in [1.82, 2.24) is 4.98 Å². The van der Waals surface area contributed by atoms with E-state index in [1.165, 1.54) is 13.0 Å². The third-order valence-corrected chi connectivity index (χ3v) is 5.30. The number of pyridine rings is 1. The van der Waals surface area contributed by atoms with Crippen molar-refractivity contribution in [2.45, 2.75) is 37.8 Å². The molecule has 2 atom stereocenters. The molecule has 1 aliphatic rings. The normalized spacial score (nSPS) is 23.8. The Balaban J connectivity index is 1.83. The van der Waals surface area contributed by atoms with E-state index >= 15 is 0 Å². The van der Waals surface area contributed by atoms with Crippen LogP contribution in [0, 0.1) is 17.1 Å². The fraction of sp³-hybridized carbons (Fsp3) is 0.364. The summed E-state index contributed by atoms with van der Waals surface area (Å²) in [7, 11) is -2.77. The van der Waals surface area contributed by atoms with Gasteiger partial charge in [-0.3, -0.25) is 10.3 Å². The van der Waals surface area contributed by atoms with Crippen LogP contribution < -0.4 is 15.8 Å². The lowest BCUT2D eigenvalue weighted by Gasteiger charge is -2.41. The van der Waals surface area contributed by atoms with Crippen molar-refractivity contribution < 1.29 is 40.7 Å². The van der Waals surface area contributed by atoms with E-state index in [0.29, 0.717) is 6.92 Å². The molecule has 1 amide bonds. The third-order valence-electron chi connectivity index (χ3n) is 5.30. The zero-order chi connectivity index (χ0) is 28.5. The molecule has 1 aliphatic heterocycles. The van der Waals surface area contributed by atoms with Crippen LogP contribution >= 0.6 is 0 Å². The van der Waals surface area contributed by atoms with Crippen molar-refractivity contribution >= 4 is 17.6 Å². The number of aliphatic imine (C=N–C) groups is 1. The van der Waals surface area contributed by atoms with Gasteiger partial charge in [0.2, 0.25) is 11.5 Å². The smallest absolute Gasteiger partial charge is 0.391 e. The summed E-state index contributed by atoms with van der Waals surface area (Å²) in [5.74, 6) is -2.10. The fourth-order valence-corrected chi connectivity index (χ4v) is 3.21. The Hall–Kier alpha value is -3.76. The summed E-state index contributed by atoms with van der Waals surface area (Å²) >= 11 is 0. The minimum atomic E-state index is -4.86. The molecule has 2 aromatic rings. The van der Waals surface area contributed by atoms with Gasteiger partial charge in [0.1, 0.15) is 23.3 Å². The van der Waals surface area contributed by atoms with Gasteiger partial charge >= 0.3 is 12.3 Å². The highest BCUT2D eigenvalue weighted by Gasteiger charge is 2.59. The maximum absolute atomic E-state index is 14.7. The number of amides is 1. The van der Waals surface area contributed by atoms with Crippen LogP contribution in [0.3, 0.4) is 0 Å². The number of amidine groups is 1. The molecule has 35 heavy (non-hydrogen) atoms. The number of halogens is 4. The lowest BCUT2D eigenvalue weighted by atomic mass is 9.89. The minimum absolute atomic E-state index is 0.0143. The maximum atomic E-state index is 14.7. The Morgan fingerprint density at radius 1 is 1.40 bits per heavy atom. The molecule has 2 heterocycles. The average Bonchev–Trinajstić information content (AvgIpc) is 2.81. The van der Waals surface area contributed by atoms with Gasteiger partial charge in [0, 0.05) is 30.0 Å². The van der Waals surface area contributed by atoms with Gasteiger partial charge in [0.15, 0.2) is 0 Å². The van der Waals surface area contributed by atoms with Crippen molar-refractivity contribution in [2.24, 2.45) is 10.7 Å². The van der Waals surface area contributed by atoms with Crippen LogP contribution in [0.2, 0.25) is 0 Å². The summed E-state index contributed by atoms with van der Waals surface area (Å²) in [6.45, 7) is 0.798. The molecule has 0 radical (unpaired) electrons. The van der Waals surface area contributed by atoms with Gasteiger partial charge in [-0.05, 0) is 38.1 Å². The number of nitrogens with two attached hydrogens (primary N) is 1. The number of nitrogens with one attached hydrogen (secondary N) is 1. The van der Waals surface area contributed by atoms with Gasteiger partial charge in [0.05, 0.1) is 22.9 Å². The second kappa shape index (κ2) is 9.47. The number of hydrogen-bond donors (Lipinski definition) is 2. The number of nitrogens with zero attached hydrogens (tertiary/aromatic N) is 3. The fourth-order valence-electron chi connectivity index (χ4n) is 3.21. The lowest BCUT2D eigenvalue weighted by molar-refractivity contribution is -0.249. The summed E-state index contributed by atoms with van der Waals surface area (Å²) < 4.78 is 91.1. The molecule has 1 aromatic heterocycles. The van der Waals surface area contributed by atoms with E-state index in [2.05, 4.69) is 15.3 Å². The monoisotopic (exact) mass is 498 g/mol. The molecule has 0 aliphatic carbocycles. The predicted octanol–water partition coefficient (Wildman–Crippen LogP) is 3.77.